The lowest BCUT2D eigenvalue weighted by molar-refractivity contribution is -0.163. The second-order valence-electron chi connectivity index (χ2n) is 21.8. The first-order chi connectivity index (χ1) is 38.5. The maximum absolute atomic E-state index is 14.8. The molecule has 20 heteroatoms. The van der Waals surface area contributed by atoms with Gasteiger partial charge in [-0.25, -0.2) is 4.79 Å². The minimum atomic E-state index is -1.58. The highest BCUT2D eigenvalue weighted by molar-refractivity contribution is 7.80. The molecule has 0 radical (unpaired) electrons. The highest BCUT2D eigenvalue weighted by Crippen LogP contribution is 2.17. The maximum Gasteiger partial charge on any atom is 0.326 e. The Morgan fingerprint density at radius 1 is 0.512 bits per heavy atom. The zero-order chi connectivity index (χ0) is 59.6. The predicted octanol–water partition coefficient (Wildman–Crippen LogP) is 10.4. The first kappa shape index (κ1) is 75.4. The first-order valence-electron chi connectivity index (χ1n) is 31.2. The molecule has 0 aromatic rings. The van der Waals surface area contributed by atoms with E-state index in [4.69, 9.17) is 20.9 Å². The van der Waals surface area contributed by atoms with E-state index in [9.17, 15) is 48.6 Å². The molecule has 0 aliphatic carbocycles. The number of aliphatic carboxylic acids is 2. The number of hydrogen-bond donors (Lipinski definition) is 8. The van der Waals surface area contributed by atoms with Gasteiger partial charge in [0.05, 0.1) is 6.54 Å². The lowest BCUT2D eigenvalue weighted by Crippen LogP contribution is -2.60. The molecule has 464 valence electrons. The molecule has 0 unspecified atom stereocenters. The molecule has 0 aromatic heterocycles. The average Bonchev–Trinajstić information content (AvgIpc) is 3.42. The summed E-state index contributed by atoms with van der Waals surface area (Å²) >= 11 is 4.43. The van der Waals surface area contributed by atoms with Crippen LogP contribution in [0.2, 0.25) is 0 Å². The highest BCUT2D eigenvalue weighted by atomic mass is 32.1. The van der Waals surface area contributed by atoms with Gasteiger partial charge in [-0.3, -0.25) is 38.6 Å². The van der Waals surface area contributed by atoms with Crippen LogP contribution in [0.25, 0.3) is 0 Å². The highest BCUT2D eigenvalue weighted by Gasteiger charge is 2.36. The number of carboxylic acids is 2. The van der Waals surface area contributed by atoms with E-state index in [0.717, 1.165) is 81.9 Å². The summed E-state index contributed by atoms with van der Waals surface area (Å²) in [6.07, 6.45) is 31.5. The van der Waals surface area contributed by atoms with Crippen molar-refractivity contribution in [2.24, 2.45) is 16.5 Å². The summed E-state index contributed by atoms with van der Waals surface area (Å²) in [5.74, 6) is -7.29. The number of guanidine groups is 1. The number of carbonyl (C=O) groups excluding carboxylic acids is 6. The fourth-order valence-electron chi connectivity index (χ4n) is 9.40. The Bertz CT molecular complexity index is 1720. The number of ether oxygens (including phenoxy) is 2. The fraction of sp³-hybridized carbons (Fsp3) is 0.850. The molecular weight excluding hydrogens is 1040 g/mol. The Hall–Kier alpha value is -4.62. The Morgan fingerprint density at radius 3 is 1.36 bits per heavy atom. The van der Waals surface area contributed by atoms with E-state index in [2.05, 4.69) is 54.3 Å². The number of carboxylic acid groups (broad SMARTS) is 2. The summed E-state index contributed by atoms with van der Waals surface area (Å²) in [4.78, 5) is 112. The molecule has 0 fully saturated rings. The molecule has 19 nitrogen and oxygen atoms in total. The minimum Gasteiger partial charge on any atom is -0.481 e. The number of esters is 2. The molecular formula is C60H111N7O12S. The maximum atomic E-state index is 14.8. The summed E-state index contributed by atoms with van der Waals surface area (Å²) in [5, 5.41) is 27.2. The Morgan fingerprint density at radius 2 is 0.938 bits per heavy atom. The van der Waals surface area contributed by atoms with Crippen LogP contribution in [0.3, 0.4) is 0 Å². The molecule has 4 amide bonds. The quantitative estimate of drug-likeness (QED) is 0.00924. The van der Waals surface area contributed by atoms with Crippen LogP contribution in [0.5, 0.6) is 0 Å². The number of aliphatic imine (C=N–C) groups is 1. The third kappa shape index (κ3) is 42.3. The number of unbranched alkanes of at least 4 members (excludes halogenated alkanes) is 28. The van der Waals surface area contributed by atoms with Gasteiger partial charge in [0.25, 0.3) is 0 Å². The molecule has 0 rings (SSSR count). The number of carbonyl (C=O) groups is 8. The van der Waals surface area contributed by atoms with E-state index in [1.54, 1.807) is 0 Å². The monoisotopic (exact) mass is 1150 g/mol. The van der Waals surface area contributed by atoms with Crippen LogP contribution < -0.4 is 27.4 Å². The van der Waals surface area contributed by atoms with Gasteiger partial charge in [-0.05, 0) is 45.4 Å². The average molecular weight is 1150 g/mol. The van der Waals surface area contributed by atoms with Gasteiger partial charge >= 0.3 is 23.9 Å². The number of nitrogens with zero attached hydrogens (tertiary/aromatic N) is 2. The second kappa shape index (κ2) is 51.3. The van der Waals surface area contributed by atoms with E-state index in [1.165, 1.54) is 110 Å². The lowest BCUT2D eigenvalue weighted by Gasteiger charge is -2.34. The van der Waals surface area contributed by atoms with Crippen molar-refractivity contribution in [3.05, 3.63) is 0 Å². The van der Waals surface area contributed by atoms with Crippen LogP contribution in [0.15, 0.2) is 4.99 Å². The third-order valence-electron chi connectivity index (χ3n) is 14.4. The van der Waals surface area contributed by atoms with Crippen LogP contribution in [-0.4, -0.2) is 124 Å². The van der Waals surface area contributed by atoms with Gasteiger partial charge in [-0.1, -0.05) is 201 Å². The van der Waals surface area contributed by atoms with E-state index in [0.29, 0.717) is 19.3 Å². The summed E-state index contributed by atoms with van der Waals surface area (Å²) in [7, 11) is 0. The van der Waals surface area contributed by atoms with E-state index < -0.39 is 104 Å². The van der Waals surface area contributed by atoms with Gasteiger partial charge < -0.3 is 52.0 Å². The van der Waals surface area contributed by atoms with Crippen molar-refractivity contribution in [2.75, 3.05) is 25.4 Å². The van der Waals surface area contributed by atoms with Crippen molar-refractivity contribution in [3.8, 4) is 0 Å². The molecule has 0 heterocycles. The van der Waals surface area contributed by atoms with Gasteiger partial charge in [-0.2, -0.15) is 12.6 Å². The van der Waals surface area contributed by atoms with Crippen LogP contribution in [0.1, 0.15) is 272 Å². The van der Waals surface area contributed by atoms with Gasteiger partial charge in [0.2, 0.25) is 23.6 Å². The predicted molar refractivity (Wildman–Crippen MR) is 320 cm³/mol. The molecule has 0 aliphatic heterocycles. The summed E-state index contributed by atoms with van der Waals surface area (Å²) < 4.78 is 11.7. The van der Waals surface area contributed by atoms with Gasteiger partial charge in [0.1, 0.15) is 30.8 Å². The largest absolute Gasteiger partial charge is 0.481 e. The van der Waals surface area contributed by atoms with Gasteiger partial charge in [0.15, 0.2) is 12.1 Å². The molecule has 0 aliphatic rings. The molecule has 0 saturated carbocycles. The molecule has 0 saturated heterocycles. The van der Waals surface area contributed by atoms with E-state index in [1.807, 2.05) is 0 Å². The molecule has 0 bridgehead atoms. The molecule has 0 spiro atoms. The van der Waals surface area contributed by atoms with Crippen molar-refractivity contribution >= 4 is 66.1 Å². The molecule has 9 N–H and O–H groups in total. The normalized spacial score (nSPS) is 13.0. The lowest BCUT2D eigenvalue weighted by atomic mass is 10.0. The number of hydrogen-bond acceptors (Lipinski definition) is 12. The Kier molecular flexibility index (Phi) is 48.3. The molecule has 0 aromatic carbocycles. The van der Waals surface area contributed by atoms with E-state index >= 15 is 0 Å². The van der Waals surface area contributed by atoms with Crippen LogP contribution in [-0.2, 0) is 47.8 Å². The van der Waals surface area contributed by atoms with Crippen molar-refractivity contribution < 1.29 is 58.0 Å². The number of nitrogens with one attached hydrogen (secondary N) is 3. The first-order valence-corrected chi connectivity index (χ1v) is 31.8. The van der Waals surface area contributed by atoms with Crippen LogP contribution in [0, 0.1) is 0 Å². The smallest absolute Gasteiger partial charge is 0.326 e. The SMILES string of the molecule is CCCCCCCCCCCCCCCC(=O)N[C@@H](CS)C(=O)N(C[C@H](COC(=O)CCCCCCCCCCC)OC(=O)CCCCCCCCCCC)[C@@H](C)C(=O)N[C@H](CCC(=O)O)C(=O)N[C@@H](CCCN=C(N)N)C(=O)O. The minimum absolute atomic E-state index is 0.0588. The number of nitrogens with two attached hydrogens (primary N) is 2. The molecule has 5 atom stereocenters. The van der Waals surface area contributed by atoms with Crippen molar-refractivity contribution in [1.29, 1.82) is 0 Å². The molecule has 80 heavy (non-hydrogen) atoms. The van der Waals surface area contributed by atoms with Crippen LogP contribution in [0.4, 0.5) is 0 Å². The number of amides is 4. The second-order valence-corrected chi connectivity index (χ2v) is 22.1. The summed E-state index contributed by atoms with van der Waals surface area (Å²) in [5.41, 5.74) is 10.8. The Balaban J connectivity index is 6.56. The van der Waals surface area contributed by atoms with Crippen LogP contribution >= 0.6 is 12.6 Å². The summed E-state index contributed by atoms with van der Waals surface area (Å²) in [6.45, 7) is 7.07. The standard InChI is InChI=1S/C60H111N7O12S/c1-5-8-11-14-17-20-21-22-23-26-27-30-33-38-52(68)64-51(46-80)58(75)67(47(4)56(73)65-49(41-42-53(69)70)57(74)66-50(59(76)77)37-36-43-63-60(61)62)44-48(79-55(72)40-35-32-29-25-19-16-13-10-7-3)45-78-54(71)39-34-31-28-24-18-15-12-9-6-2/h47-51,80H,5-46H2,1-4H3,(H,64,68)(H,65,73)(H,66,74)(H,69,70)(H,76,77)(H4,61,62,63)/t47-,48+,49+,50-,51-/m0/s1. The van der Waals surface area contributed by atoms with Gasteiger partial charge in [0, 0.05) is 38.0 Å². The summed E-state index contributed by atoms with van der Waals surface area (Å²) in [6, 6.07) is -5.78. The van der Waals surface area contributed by atoms with Gasteiger partial charge in [-0.15, -0.1) is 0 Å². The Labute approximate surface area is 487 Å². The number of thiol groups is 1. The van der Waals surface area contributed by atoms with Crippen molar-refractivity contribution in [3.63, 3.8) is 0 Å². The topological polar surface area (TPSA) is 299 Å². The van der Waals surface area contributed by atoms with Crippen molar-refractivity contribution in [1.82, 2.24) is 20.9 Å². The van der Waals surface area contributed by atoms with E-state index in [-0.39, 0.29) is 50.4 Å². The zero-order valence-electron chi connectivity index (χ0n) is 50.1. The zero-order valence-corrected chi connectivity index (χ0v) is 51.0. The third-order valence-corrected chi connectivity index (χ3v) is 14.8. The number of rotatable bonds is 55. The van der Waals surface area contributed by atoms with Crippen molar-refractivity contribution in [2.45, 2.75) is 302 Å². The fourth-order valence-corrected chi connectivity index (χ4v) is 9.65.